The van der Waals surface area contributed by atoms with Gasteiger partial charge in [0.1, 0.15) is 0 Å². The number of hydrogen-bond acceptors (Lipinski definition) is 2. The van der Waals surface area contributed by atoms with Crippen LogP contribution in [0.5, 0.6) is 0 Å². The summed E-state index contributed by atoms with van der Waals surface area (Å²) in [6.07, 6.45) is 6.46. The summed E-state index contributed by atoms with van der Waals surface area (Å²) in [5.74, 6) is 0.317. The first-order chi connectivity index (χ1) is 7.25. The molecule has 1 amide bonds. The van der Waals surface area contributed by atoms with Gasteiger partial charge in [-0.15, -0.1) is 0 Å². The number of nitrogens with one attached hydrogen (secondary N) is 1. The van der Waals surface area contributed by atoms with Crippen LogP contribution in [-0.4, -0.2) is 37.0 Å². The summed E-state index contributed by atoms with van der Waals surface area (Å²) in [4.78, 5) is 13.8. The molecule has 1 aliphatic rings. The Balaban J connectivity index is 2.24. The van der Waals surface area contributed by atoms with E-state index in [9.17, 15) is 4.79 Å². The van der Waals surface area contributed by atoms with Crippen molar-refractivity contribution in [3.63, 3.8) is 0 Å². The topological polar surface area (TPSA) is 32.3 Å². The minimum Gasteiger partial charge on any atom is -0.342 e. The van der Waals surface area contributed by atoms with Crippen molar-refractivity contribution in [2.24, 2.45) is 0 Å². The Morgan fingerprint density at radius 3 is 2.87 bits per heavy atom. The fraction of sp³-hybridized carbons (Fsp3) is 0.917. The number of carbonyl (C=O) groups excluding carboxylic acids is 1. The molecule has 0 aromatic carbocycles. The molecule has 3 nitrogen and oxygen atoms in total. The van der Waals surface area contributed by atoms with Crippen molar-refractivity contribution in [2.45, 2.75) is 51.5 Å². The number of likely N-dealkylation sites (N-methyl/N-ethyl adjacent to an activating group) is 1. The monoisotopic (exact) mass is 212 g/mol. The average molecular weight is 212 g/mol. The molecule has 88 valence electrons. The number of nitrogens with zero attached hydrogens (tertiary/aromatic N) is 1. The highest BCUT2D eigenvalue weighted by molar-refractivity contribution is 5.76. The standard InChI is InChI=1S/C12H24N2O/c1-3-4-5-8-12(15)14(2)11-7-6-9-13-10-11/h11,13H,3-10H2,1-2H3. The number of piperidine rings is 1. The summed E-state index contributed by atoms with van der Waals surface area (Å²) in [5, 5.41) is 3.34. The summed E-state index contributed by atoms with van der Waals surface area (Å²) < 4.78 is 0. The van der Waals surface area contributed by atoms with E-state index in [0.717, 1.165) is 32.4 Å². The molecule has 0 radical (unpaired) electrons. The molecule has 1 unspecified atom stereocenters. The van der Waals surface area contributed by atoms with Gasteiger partial charge in [0.25, 0.3) is 0 Å². The maximum Gasteiger partial charge on any atom is 0.222 e. The maximum absolute atomic E-state index is 11.8. The lowest BCUT2D eigenvalue weighted by Gasteiger charge is -2.31. The highest BCUT2D eigenvalue weighted by Gasteiger charge is 2.20. The van der Waals surface area contributed by atoms with Crippen molar-refractivity contribution < 1.29 is 4.79 Å². The highest BCUT2D eigenvalue weighted by atomic mass is 16.2. The zero-order chi connectivity index (χ0) is 11.1. The molecule has 0 saturated carbocycles. The summed E-state index contributed by atoms with van der Waals surface area (Å²) in [6, 6.07) is 0.424. The van der Waals surface area contributed by atoms with Crippen molar-refractivity contribution in [1.29, 1.82) is 0 Å². The maximum atomic E-state index is 11.8. The first-order valence-corrected chi connectivity index (χ1v) is 6.22. The smallest absolute Gasteiger partial charge is 0.222 e. The van der Waals surface area contributed by atoms with Crippen LogP contribution in [0.15, 0.2) is 0 Å². The van der Waals surface area contributed by atoms with E-state index in [1.165, 1.54) is 19.3 Å². The van der Waals surface area contributed by atoms with E-state index in [4.69, 9.17) is 0 Å². The minimum absolute atomic E-state index is 0.317. The normalized spacial score (nSPS) is 21.3. The number of amides is 1. The third-order valence-corrected chi connectivity index (χ3v) is 3.21. The molecule has 1 aliphatic heterocycles. The fourth-order valence-corrected chi connectivity index (χ4v) is 2.07. The lowest BCUT2D eigenvalue weighted by Crippen LogP contribution is -2.46. The van der Waals surface area contributed by atoms with Gasteiger partial charge in [0.15, 0.2) is 0 Å². The summed E-state index contributed by atoms with van der Waals surface area (Å²) in [5.41, 5.74) is 0. The predicted octanol–water partition coefficient (Wildman–Crippen LogP) is 1.78. The Labute approximate surface area is 93.2 Å². The summed E-state index contributed by atoms with van der Waals surface area (Å²) in [6.45, 7) is 4.24. The molecular weight excluding hydrogens is 188 g/mol. The number of hydrogen-bond donors (Lipinski definition) is 1. The first kappa shape index (κ1) is 12.5. The van der Waals surface area contributed by atoms with Crippen molar-refractivity contribution in [3.8, 4) is 0 Å². The first-order valence-electron chi connectivity index (χ1n) is 6.22. The van der Waals surface area contributed by atoms with E-state index in [0.29, 0.717) is 11.9 Å². The Hall–Kier alpha value is -0.570. The zero-order valence-corrected chi connectivity index (χ0v) is 10.1. The second-order valence-corrected chi connectivity index (χ2v) is 4.46. The van der Waals surface area contributed by atoms with Gasteiger partial charge in [-0.05, 0) is 25.8 Å². The fourth-order valence-electron chi connectivity index (χ4n) is 2.07. The molecule has 3 heteroatoms. The molecule has 15 heavy (non-hydrogen) atoms. The minimum atomic E-state index is 0.317. The van der Waals surface area contributed by atoms with E-state index in [1.54, 1.807) is 0 Å². The molecule has 1 N–H and O–H groups in total. The van der Waals surface area contributed by atoms with Crippen LogP contribution in [0.2, 0.25) is 0 Å². The largest absolute Gasteiger partial charge is 0.342 e. The van der Waals surface area contributed by atoms with Crippen LogP contribution in [0.25, 0.3) is 0 Å². The van der Waals surface area contributed by atoms with E-state index in [2.05, 4.69) is 12.2 Å². The van der Waals surface area contributed by atoms with Gasteiger partial charge in [0.05, 0.1) is 0 Å². The van der Waals surface area contributed by atoms with Crippen LogP contribution < -0.4 is 5.32 Å². The van der Waals surface area contributed by atoms with Crippen LogP contribution >= 0.6 is 0 Å². The average Bonchev–Trinajstić information content (AvgIpc) is 2.29. The van der Waals surface area contributed by atoms with Crippen LogP contribution in [0.1, 0.15) is 45.4 Å². The van der Waals surface area contributed by atoms with E-state index < -0.39 is 0 Å². The third-order valence-electron chi connectivity index (χ3n) is 3.21. The predicted molar refractivity (Wildman–Crippen MR) is 62.8 cm³/mol. The van der Waals surface area contributed by atoms with Gasteiger partial charge in [0, 0.05) is 26.1 Å². The van der Waals surface area contributed by atoms with Gasteiger partial charge < -0.3 is 10.2 Å². The molecule has 1 fully saturated rings. The van der Waals surface area contributed by atoms with Crippen molar-refractivity contribution in [2.75, 3.05) is 20.1 Å². The molecular formula is C12H24N2O. The Bertz CT molecular complexity index is 188. The summed E-state index contributed by atoms with van der Waals surface area (Å²) >= 11 is 0. The molecule has 1 saturated heterocycles. The molecule has 1 rings (SSSR count). The second kappa shape index (κ2) is 6.83. The molecule has 0 aliphatic carbocycles. The number of unbranched alkanes of at least 4 members (excludes halogenated alkanes) is 2. The van der Waals surface area contributed by atoms with E-state index in [1.807, 2.05) is 11.9 Å². The number of carbonyl (C=O) groups is 1. The zero-order valence-electron chi connectivity index (χ0n) is 10.1. The molecule has 0 aromatic rings. The Kier molecular flexibility index (Phi) is 5.69. The quantitative estimate of drug-likeness (QED) is 0.705. The third kappa shape index (κ3) is 4.20. The van der Waals surface area contributed by atoms with E-state index >= 15 is 0 Å². The Morgan fingerprint density at radius 1 is 1.47 bits per heavy atom. The summed E-state index contributed by atoms with van der Waals surface area (Å²) in [7, 11) is 1.95. The number of rotatable bonds is 5. The Morgan fingerprint density at radius 2 is 2.27 bits per heavy atom. The van der Waals surface area contributed by atoms with Gasteiger partial charge in [-0.2, -0.15) is 0 Å². The van der Waals surface area contributed by atoms with Crippen LogP contribution in [0.4, 0.5) is 0 Å². The highest BCUT2D eigenvalue weighted by Crippen LogP contribution is 2.11. The lowest BCUT2D eigenvalue weighted by atomic mass is 10.1. The second-order valence-electron chi connectivity index (χ2n) is 4.46. The van der Waals surface area contributed by atoms with Gasteiger partial charge in [0.2, 0.25) is 5.91 Å². The van der Waals surface area contributed by atoms with Gasteiger partial charge >= 0.3 is 0 Å². The molecule has 0 spiro atoms. The van der Waals surface area contributed by atoms with Crippen molar-refractivity contribution >= 4 is 5.91 Å². The van der Waals surface area contributed by atoms with Gasteiger partial charge in [-0.25, -0.2) is 0 Å². The SMILES string of the molecule is CCCCCC(=O)N(C)C1CCCNC1. The van der Waals surface area contributed by atoms with E-state index in [-0.39, 0.29) is 0 Å². The van der Waals surface area contributed by atoms with Crippen LogP contribution in [0, 0.1) is 0 Å². The molecule has 0 aromatic heterocycles. The van der Waals surface area contributed by atoms with Crippen LogP contribution in [0.3, 0.4) is 0 Å². The molecule has 1 atom stereocenters. The van der Waals surface area contributed by atoms with Crippen molar-refractivity contribution in [1.82, 2.24) is 10.2 Å². The lowest BCUT2D eigenvalue weighted by molar-refractivity contribution is -0.132. The molecule has 1 heterocycles. The van der Waals surface area contributed by atoms with Gasteiger partial charge in [-0.1, -0.05) is 19.8 Å². The van der Waals surface area contributed by atoms with Crippen LogP contribution in [-0.2, 0) is 4.79 Å². The van der Waals surface area contributed by atoms with Gasteiger partial charge in [-0.3, -0.25) is 4.79 Å². The van der Waals surface area contributed by atoms with Crippen molar-refractivity contribution in [3.05, 3.63) is 0 Å². The molecule has 0 bridgehead atoms.